The number of ether oxygens (including phenoxy) is 1. The Hall–Kier alpha value is -1.59. The minimum Gasteiger partial charge on any atom is -0.475 e. The highest BCUT2D eigenvalue weighted by Crippen LogP contribution is 2.20. The Morgan fingerprint density at radius 3 is 2.48 bits per heavy atom. The normalized spacial score (nSPS) is 20.2. The second-order valence-electron chi connectivity index (χ2n) is 5.19. The van der Waals surface area contributed by atoms with Gasteiger partial charge in [-0.1, -0.05) is 26.0 Å². The Morgan fingerprint density at radius 2 is 1.90 bits per heavy atom. The van der Waals surface area contributed by atoms with Crippen LogP contribution in [0.15, 0.2) is 24.3 Å². The molecule has 5 heteroatoms. The molecule has 0 spiro atoms. The lowest BCUT2D eigenvalue weighted by Gasteiger charge is -2.27. The van der Waals surface area contributed by atoms with Crippen LogP contribution in [0.2, 0.25) is 0 Å². The van der Waals surface area contributed by atoms with E-state index in [4.69, 9.17) is 4.74 Å². The van der Waals surface area contributed by atoms with Crippen molar-refractivity contribution in [3.8, 4) is 5.75 Å². The second-order valence-corrected chi connectivity index (χ2v) is 5.19. The molecule has 0 aliphatic carbocycles. The van der Waals surface area contributed by atoms with Gasteiger partial charge in [0.25, 0.3) is 0 Å². The van der Waals surface area contributed by atoms with E-state index in [1.807, 2.05) is 24.3 Å². The number of hydrogen-bond donors (Lipinski definition) is 2. The summed E-state index contributed by atoms with van der Waals surface area (Å²) in [5.74, 6) is 0.862. The van der Waals surface area contributed by atoms with Gasteiger partial charge in [0.1, 0.15) is 18.0 Å². The fourth-order valence-corrected chi connectivity index (χ4v) is 2.61. The number of benzene rings is 1. The molecule has 2 unspecified atom stereocenters. The first kappa shape index (κ1) is 15.8. The van der Waals surface area contributed by atoms with E-state index in [-0.39, 0.29) is 18.2 Å². The van der Waals surface area contributed by atoms with Gasteiger partial charge >= 0.3 is 0 Å². The summed E-state index contributed by atoms with van der Waals surface area (Å²) in [6, 6.07) is 7.50. The molecular weight excluding hydrogens is 266 g/mol. The Morgan fingerprint density at radius 1 is 1.24 bits per heavy atom. The van der Waals surface area contributed by atoms with Crippen LogP contribution in [-0.2, 0) is 4.79 Å². The van der Waals surface area contributed by atoms with E-state index in [1.165, 1.54) is 0 Å². The number of nitrogens with zero attached hydrogens (tertiary/aromatic N) is 1. The van der Waals surface area contributed by atoms with Crippen molar-refractivity contribution in [2.24, 2.45) is 0 Å². The van der Waals surface area contributed by atoms with Crippen molar-refractivity contribution in [1.29, 1.82) is 0 Å². The highest BCUT2D eigenvalue weighted by atomic mass is 16.5. The lowest BCUT2D eigenvalue weighted by molar-refractivity contribution is -0.124. The fraction of sp³-hybridized carbons (Fsp3) is 0.562. The van der Waals surface area contributed by atoms with Gasteiger partial charge in [0.2, 0.25) is 5.91 Å². The summed E-state index contributed by atoms with van der Waals surface area (Å²) in [6.07, 6.45) is 0.0435. The minimum atomic E-state index is -0.256. The van der Waals surface area contributed by atoms with Crippen LogP contribution in [0.5, 0.6) is 5.75 Å². The largest absolute Gasteiger partial charge is 0.475 e. The van der Waals surface area contributed by atoms with Crippen LogP contribution in [0, 0.1) is 0 Å². The molecule has 0 radical (unpaired) electrons. The van der Waals surface area contributed by atoms with Crippen LogP contribution in [0.4, 0.5) is 0 Å². The summed E-state index contributed by atoms with van der Waals surface area (Å²) in [4.78, 5) is 14.1. The van der Waals surface area contributed by atoms with E-state index >= 15 is 0 Å². The quantitative estimate of drug-likeness (QED) is 0.780. The Kier molecular flexibility index (Phi) is 5.59. The summed E-state index contributed by atoms with van der Waals surface area (Å²) in [5.41, 5.74) is 0.968. The topological polar surface area (TPSA) is 53.6 Å². The number of carbonyl (C=O) groups is 1. The Labute approximate surface area is 126 Å². The highest BCUT2D eigenvalue weighted by molar-refractivity contribution is 5.83. The predicted octanol–water partition coefficient (Wildman–Crippen LogP) is 1.51. The molecule has 5 nitrogen and oxygen atoms in total. The lowest BCUT2D eigenvalue weighted by atomic mass is 10.0. The number of nitrogens with one attached hydrogen (secondary N) is 2. The molecular formula is C16H25N3O2. The molecule has 2 atom stereocenters. The third-order valence-electron chi connectivity index (χ3n) is 3.88. The van der Waals surface area contributed by atoms with E-state index in [9.17, 15) is 4.79 Å². The lowest BCUT2D eigenvalue weighted by Crippen LogP contribution is -2.47. The summed E-state index contributed by atoms with van der Waals surface area (Å²) in [6.45, 7) is 9.71. The standard InChI is InChI=1S/C16H25N3O2/c1-4-19(5-2)12(3)21-14-8-6-13(7-9-14)15-16(20)18-11-10-17-15/h6-9,12,15,17H,4-5,10-11H2,1-3H3,(H,18,20). The molecule has 1 saturated heterocycles. The zero-order chi connectivity index (χ0) is 15.2. The molecule has 0 saturated carbocycles. The molecule has 0 bridgehead atoms. The molecule has 2 N–H and O–H groups in total. The van der Waals surface area contributed by atoms with Crippen molar-refractivity contribution in [2.75, 3.05) is 26.2 Å². The zero-order valence-electron chi connectivity index (χ0n) is 13.1. The molecule has 1 fully saturated rings. The van der Waals surface area contributed by atoms with Crippen molar-refractivity contribution >= 4 is 5.91 Å². The van der Waals surface area contributed by atoms with Crippen molar-refractivity contribution in [3.63, 3.8) is 0 Å². The highest BCUT2D eigenvalue weighted by Gasteiger charge is 2.23. The summed E-state index contributed by atoms with van der Waals surface area (Å²) in [7, 11) is 0. The van der Waals surface area contributed by atoms with Crippen LogP contribution in [-0.4, -0.2) is 43.2 Å². The van der Waals surface area contributed by atoms with E-state index in [0.717, 1.165) is 30.9 Å². The Balaban J connectivity index is 2.00. The number of amides is 1. The van der Waals surface area contributed by atoms with Gasteiger partial charge in [0, 0.05) is 13.1 Å². The van der Waals surface area contributed by atoms with Crippen molar-refractivity contribution < 1.29 is 9.53 Å². The molecule has 1 heterocycles. The predicted molar refractivity (Wildman–Crippen MR) is 83.2 cm³/mol. The summed E-state index contributed by atoms with van der Waals surface area (Å²) < 4.78 is 5.93. The van der Waals surface area contributed by atoms with E-state index in [2.05, 4.69) is 36.3 Å². The number of carbonyl (C=O) groups excluding carboxylic acids is 1. The van der Waals surface area contributed by atoms with Gasteiger partial charge in [-0.05, 0) is 37.7 Å². The second kappa shape index (κ2) is 7.43. The van der Waals surface area contributed by atoms with E-state index < -0.39 is 0 Å². The third-order valence-corrected chi connectivity index (χ3v) is 3.88. The van der Waals surface area contributed by atoms with Crippen LogP contribution in [0.1, 0.15) is 32.4 Å². The van der Waals surface area contributed by atoms with Crippen molar-refractivity contribution in [2.45, 2.75) is 33.0 Å². The van der Waals surface area contributed by atoms with Gasteiger partial charge in [-0.25, -0.2) is 0 Å². The molecule has 116 valence electrons. The van der Waals surface area contributed by atoms with Crippen LogP contribution in [0.25, 0.3) is 0 Å². The average Bonchev–Trinajstić information content (AvgIpc) is 2.50. The SMILES string of the molecule is CCN(CC)C(C)Oc1ccc(C2NCCNC2=O)cc1. The number of piperazine rings is 1. The molecule has 1 aliphatic rings. The maximum absolute atomic E-state index is 11.8. The van der Waals surface area contributed by atoms with Gasteiger partial charge < -0.3 is 15.4 Å². The molecule has 1 amide bonds. The van der Waals surface area contributed by atoms with Gasteiger partial charge in [-0.15, -0.1) is 0 Å². The molecule has 0 aromatic heterocycles. The first-order valence-electron chi connectivity index (χ1n) is 7.67. The maximum atomic E-state index is 11.8. The summed E-state index contributed by atoms with van der Waals surface area (Å²) in [5, 5.41) is 6.09. The van der Waals surface area contributed by atoms with Crippen molar-refractivity contribution in [1.82, 2.24) is 15.5 Å². The van der Waals surface area contributed by atoms with E-state index in [0.29, 0.717) is 6.54 Å². The van der Waals surface area contributed by atoms with Crippen LogP contribution >= 0.6 is 0 Å². The Bertz CT molecular complexity index is 457. The first-order valence-corrected chi connectivity index (χ1v) is 7.67. The number of rotatable bonds is 6. The molecule has 1 aromatic rings. The number of hydrogen-bond acceptors (Lipinski definition) is 4. The van der Waals surface area contributed by atoms with Crippen LogP contribution < -0.4 is 15.4 Å². The summed E-state index contributed by atoms with van der Waals surface area (Å²) >= 11 is 0. The minimum absolute atomic E-state index is 0.0337. The molecule has 21 heavy (non-hydrogen) atoms. The van der Waals surface area contributed by atoms with Gasteiger partial charge in [-0.3, -0.25) is 9.69 Å². The monoisotopic (exact) mass is 291 g/mol. The fourth-order valence-electron chi connectivity index (χ4n) is 2.61. The van der Waals surface area contributed by atoms with Gasteiger partial charge in [0.15, 0.2) is 0 Å². The maximum Gasteiger partial charge on any atom is 0.241 e. The van der Waals surface area contributed by atoms with Gasteiger partial charge in [0.05, 0.1) is 0 Å². The van der Waals surface area contributed by atoms with E-state index in [1.54, 1.807) is 0 Å². The molecule has 1 aromatic carbocycles. The third kappa shape index (κ3) is 3.95. The molecule has 2 rings (SSSR count). The first-order chi connectivity index (χ1) is 10.2. The molecule has 1 aliphatic heterocycles. The van der Waals surface area contributed by atoms with Crippen LogP contribution in [0.3, 0.4) is 0 Å². The zero-order valence-corrected chi connectivity index (χ0v) is 13.1. The average molecular weight is 291 g/mol. The van der Waals surface area contributed by atoms with Gasteiger partial charge in [-0.2, -0.15) is 0 Å². The van der Waals surface area contributed by atoms with Crippen molar-refractivity contribution in [3.05, 3.63) is 29.8 Å². The smallest absolute Gasteiger partial charge is 0.241 e.